The zero-order valence-electron chi connectivity index (χ0n) is 16.6. The minimum Gasteiger partial charge on any atom is -0.480 e. The average Bonchev–Trinajstić information content (AvgIpc) is 3.01. The van der Waals surface area contributed by atoms with Gasteiger partial charge in [0.15, 0.2) is 0 Å². The van der Waals surface area contributed by atoms with Crippen LogP contribution in [0.4, 0.5) is 0 Å². The number of hydrogen-bond donors (Lipinski definition) is 1. The number of hydrogen-bond acceptors (Lipinski definition) is 2. The molecule has 0 saturated carbocycles. The van der Waals surface area contributed by atoms with Crippen molar-refractivity contribution in [1.82, 2.24) is 8.99 Å². The topological polar surface area (TPSA) is 62.5 Å². The Labute approximate surface area is 184 Å². The highest BCUT2D eigenvalue weighted by Gasteiger charge is 2.41. The molecule has 30 heavy (non-hydrogen) atoms. The van der Waals surface area contributed by atoms with E-state index in [1.165, 1.54) is 4.42 Å². The Kier molecular flexibility index (Phi) is 5.51. The fourth-order valence-electron chi connectivity index (χ4n) is 4.40. The number of fused-ring (bicyclic) bond motifs is 3. The largest absolute Gasteiger partial charge is 0.480 e. The lowest BCUT2D eigenvalue weighted by Gasteiger charge is -2.35. The zero-order valence-corrected chi connectivity index (χ0v) is 18.1. The molecule has 7 heteroatoms. The molecule has 1 unspecified atom stereocenters. The number of carbonyl (C=O) groups excluding carboxylic acids is 1. The minimum absolute atomic E-state index is 0.0846. The standard InChI is InChI=1S/C23H22Cl2N2O3/c1-23(22(30)27(25)13-15-6-8-16(24)9-7-15)11-10-20-18(12-23)17-4-2-3-5-19(17)26(20)14-21(28)29/h2-9H,10-14H2,1H3,(H,28,29). The molecule has 5 nitrogen and oxygen atoms in total. The second kappa shape index (κ2) is 7.97. The highest BCUT2D eigenvalue weighted by molar-refractivity contribution is 6.30. The molecule has 2 aromatic carbocycles. The molecule has 1 aromatic heterocycles. The quantitative estimate of drug-likeness (QED) is 0.559. The second-order valence-corrected chi connectivity index (χ2v) is 8.96. The monoisotopic (exact) mass is 444 g/mol. The van der Waals surface area contributed by atoms with Gasteiger partial charge in [-0.25, -0.2) is 4.42 Å². The summed E-state index contributed by atoms with van der Waals surface area (Å²) >= 11 is 12.3. The maximum Gasteiger partial charge on any atom is 0.323 e. The zero-order chi connectivity index (χ0) is 21.5. The number of aliphatic carboxylic acids is 1. The summed E-state index contributed by atoms with van der Waals surface area (Å²) in [5.74, 6) is -1.00. The molecule has 0 fully saturated rings. The molecule has 1 amide bonds. The summed E-state index contributed by atoms with van der Waals surface area (Å²) in [6, 6.07) is 15.0. The Balaban J connectivity index is 1.63. The van der Waals surface area contributed by atoms with Crippen LogP contribution in [0.25, 0.3) is 10.9 Å². The van der Waals surface area contributed by atoms with Crippen molar-refractivity contribution < 1.29 is 14.7 Å². The third-order valence-electron chi connectivity index (χ3n) is 5.94. The third kappa shape index (κ3) is 3.80. The summed E-state index contributed by atoms with van der Waals surface area (Å²) in [5, 5.41) is 11.0. The number of carboxylic acids is 1. The van der Waals surface area contributed by atoms with E-state index in [0.717, 1.165) is 27.7 Å². The van der Waals surface area contributed by atoms with Crippen molar-refractivity contribution >= 4 is 46.2 Å². The van der Waals surface area contributed by atoms with E-state index in [1.807, 2.05) is 47.9 Å². The summed E-state index contributed by atoms with van der Waals surface area (Å²) in [5.41, 5.74) is 3.19. The first kappa shape index (κ1) is 20.8. The Bertz CT molecular complexity index is 1120. The highest BCUT2D eigenvalue weighted by Crippen LogP contribution is 2.42. The lowest BCUT2D eigenvalue weighted by atomic mass is 9.73. The lowest BCUT2D eigenvalue weighted by molar-refractivity contribution is -0.138. The van der Waals surface area contributed by atoms with Crippen molar-refractivity contribution in [2.45, 2.75) is 39.3 Å². The maximum absolute atomic E-state index is 13.3. The Morgan fingerprint density at radius 2 is 1.87 bits per heavy atom. The second-order valence-electron chi connectivity index (χ2n) is 8.11. The molecular formula is C23H22Cl2N2O3. The van der Waals surface area contributed by atoms with Gasteiger partial charge in [-0.05, 0) is 48.6 Å². The summed E-state index contributed by atoms with van der Waals surface area (Å²) in [7, 11) is 0. The van der Waals surface area contributed by atoms with Gasteiger partial charge in [-0.3, -0.25) is 9.59 Å². The molecule has 1 N–H and O–H groups in total. The van der Waals surface area contributed by atoms with Crippen molar-refractivity contribution in [2.24, 2.45) is 5.41 Å². The number of carbonyl (C=O) groups is 2. The van der Waals surface area contributed by atoms with Crippen LogP contribution in [0, 0.1) is 5.41 Å². The number of nitrogens with zero attached hydrogens (tertiary/aromatic N) is 2. The van der Waals surface area contributed by atoms with Crippen molar-refractivity contribution in [3.63, 3.8) is 0 Å². The van der Waals surface area contributed by atoms with E-state index < -0.39 is 11.4 Å². The van der Waals surface area contributed by atoms with Crippen molar-refractivity contribution in [3.05, 3.63) is 70.4 Å². The number of halogens is 2. The van der Waals surface area contributed by atoms with E-state index in [1.54, 1.807) is 12.1 Å². The molecule has 0 radical (unpaired) electrons. The van der Waals surface area contributed by atoms with E-state index in [2.05, 4.69) is 0 Å². The van der Waals surface area contributed by atoms with Crippen molar-refractivity contribution in [3.8, 4) is 0 Å². The third-order valence-corrected chi connectivity index (χ3v) is 6.46. The average molecular weight is 445 g/mol. The Morgan fingerprint density at radius 1 is 1.17 bits per heavy atom. The fraction of sp³-hybridized carbons (Fsp3) is 0.304. The molecule has 0 spiro atoms. The van der Waals surface area contributed by atoms with Crippen LogP contribution < -0.4 is 0 Å². The van der Waals surface area contributed by atoms with Crippen LogP contribution in [-0.2, 0) is 35.5 Å². The van der Waals surface area contributed by atoms with E-state index in [9.17, 15) is 14.7 Å². The van der Waals surface area contributed by atoms with Crippen molar-refractivity contribution in [1.29, 1.82) is 0 Å². The Hall–Kier alpha value is -2.50. The number of para-hydroxylation sites is 1. The molecule has 3 aromatic rings. The van der Waals surface area contributed by atoms with Crippen LogP contribution in [0.1, 0.15) is 30.2 Å². The van der Waals surface area contributed by atoms with Gasteiger partial charge >= 0.3 is 5.97 Å². The number of benzene rings is 2. The van der Waals surface area contributed by atoms with E-state index in [-0.39, 0.29) is 12.5 Å². The van der Waals surface area contributed by atoms with E-state index in [4.69, 9.17) is 23.4 Å². The first-order valence-electron chi connectivity index (χ1n) is 9.81. The van der Waals surface area contributed by atoms with Crippen LogP contribution in [-0.4, -0.2) is 26.0 Å². The van der Waals surface area contributed by atoms with Crippen LogP contribution in [0.5, 0.6) is 0 Å². The summed E-state index contributed by atoms with van der Waals surface area (Å²) in [6.45, 7) is 2.15. The first-order valence-corrected chi connectivity index (χ1v) is 10.5. The SMILES string of the molecule is CC1(C(=O)N(Cl)Cc2ccc(Cl)cc2)CCc2c(c3ccccc3n2CC(=O)O)C1. The Morgan fingerprint density at radius 3 is 2.57 bits per heavy atom. The molecule has 1 aliphatic carbocycles. The number of aromatic nitrogens is 1. The van der Waals surface area contributed by atoms with E-state index >= 15 is 0 Å². The smallest absolute Gasteiger partial charge is 0.323 e. The first-order chi connectivity index (χ1) is 14.3. The molecule has 156 valence electrons. The fourth-order valence-corrected chi connectivity index (χ4v) is 4.87. The van der Waals surface area contributed by atoms with Gasteiger partial charge in [0, 0.05) is 33.4 Å². The predicted octanol–water partition coefficient (Wildman–Crippen LogP) is 5.06. The van der Waals surface area contributed by atoms with Gasteiger partial charge in [0.1, 0.15) is 6.54 Å². The molecule has 1 heterocycles. The number of amides is 1. The molecule has 4 rings (SSSR count). The number of carboxylic acid groups (broad SMARTS) is 1. The molecule has 0 bridgehead atoms. The van der Waals surface area contributed by atoms with Crippen molar-refractivity contribution in [2.75, 3.05) is 0 Å². The molecular weight excluding hydrogens is 423 g/mol. The summed E-state index contributed by atoms with van der Waals surface area (Å²) in [6.07, 6.45) is 1.77. The van der Waals surface area contributed by atoms with Gasteiger partial charge in [0.2, 0.25) is 5.91 Å². The van der Waals surface area contributed by atoms with Gasteiger partial charge in [-0.2, -0.15) is 0 Å². The van der Waals surface area contributed by atoms with Gasteiger partial charge in [0.05, 0.1) is 12.0 Å². The molecule has 1 atom stereocenters. The van der Waals surface area contributed by atoms with Crippen LogP contribution in [0.3, 0.4) is 0 Å². The molecule has 1 aliphatic rings. The summed E-state index contributed by atoms with van der Waals surface area (Å²) in [4.78, 5) is 24.7. The van der Waals surface area contributed by atoms with Gasteiger partial charge < -0.3 is 9.67 Å². The molecule has 0 aliphatic heterocycles. The van der Waals surface area contributed by atoms with Crippen LogP contribution >= 0.6 is 23.4 Å². The maximum atomic E-state index is 13.3. The van der Waals surface area contributed by atoms with E-state index in [0.29, 0.717) is 30.8 Å². The molecule has 0 saturated heterocycles. The minimum atomic E-state index is -0.877. The lowest BCUT2D eigenvalue weighted by Crippen LogP contribution is -2.41. The normalized spacial score (nSPS) is 18.2. The van der Waals surface area contributed by atoms with Gasteiger partial charge in [-0.15, -0.1) is 0 Å². The number of rotatable bonds is 5. The highest BCUT2D eigenvalue weighted by atomic mass is 35.5. The van der Waals surface area contributed by atoms with Crippen LogP contribution in [0.15, 0.2) is 48.5 Å². The van der Waals surface area contributed by atoms with Gasteiger partial charge in [0.25, 0.3) is 0 Å². The van der Waals surface area contributed by atoms with Crippen LogP contribution in [0.2, 0.25) is 5.02 Å². The summed E-state index contributed by atoms with van der Waals surface area (Å²) < 4.78 is 3.12. The van der Waals surface area contributed by atoms with Gasteiger partial charge in [-0.1, -0.05) is 48.9 Å². The predicted molar refractivity (Wildman–Crippen MR) is 118 cm³/mol.